The number of ketones is 1. The van der Waals surface area contributed by atoms with Crippen molar-refractivity contribution in [3.63, 3.8) is 0 Å². The lowest BCUT2D eigenvalue weighted by atomic mass is 9.44. The molecule has 4 fully saturated rings. The lowest BCUT2D eigenvalue weighted by Gasteiger charge is -2.67. The standard InChI is InChI=1S/C80H96F2N4O20/c1-46(26-22-28-48(3)36-38-61(91)83-60-40-41-86(75(98)84-60)74-80(81,82)68(93)57(44-87)103-74)24-20-21-25-47(2)27-23-29-49(4)37-39-62(92)104-66(64(53-30-14-11-15-31-53)85-71(95)54-32-16-12-17-33-54)73(97)102-56-43-79(99)70(105-72(96)55-34-18-13-19-35-55)67-77(10,58(90)42-59-78(67,45-100-59)106-52(7)89)69(94)65(101-51(6)88)63(50(56)5)76(79,8)9/h11-19,24-25,28-35,40-41,56-59,64-68,70,74,87,90,93,99H,20-23,26-27,36-39,42-45H2,1-10H3,(H,85,95)(H,83,84,91,98)/b46-24+,47-25+,48-28+,49-29+/t56-,57+,58-,59+,64-,65+,66+,67-,68+,70-,74+,77+,78-,79+/m0/s1. The molecule has 24 nitrogen and oxygen atoms in total. The van der Waals surface area contributed by atoms with Crippen LogP contribution in [0.3, 0.4) is 0 Å². The minimum atomic E-state index is -3.87. The van der Waals surface area contributed by atoms with Crippen molar-refractivity contribution in [3.05, 3.63) is 188 Å². The number of hydrogen-bond acceptors (Lipinski definition) is 21. The Morgan fingerprint density at radius 2 is 1.28 bits per heavy atom. The Morgan fingerprint density at radius 1 is 0.717 bits per heavy atom. The van der Waals surface area contributed by atoms with Crippen LogP contribution in [0.1, 0.15) is 185 Å². The molecule has 0 spiro atoms. The van der Waals surface area contributed by atoms with Crippen LogP contribution in [-0.4, -0.2) is 157 Å². The highest BCUT2D eigenvalue weighted by Gasteiger charge is 2.78. The van der Waals surface area contributed by atoms with Crippen molar-refractivity contribution in [1.29, 1.82) is 0 Å². The van der Waals surface area contributed by atoms with E-state index in [1.54, 1.807) is 92.7 Å². The topological polar surface area (TPSA) is 341 Å². The zero-order chi connectivity index (χ0) is 77.2. The molecule has 6 N–H and O–H groups in total. The zero-order valence-corrected chi connectivity index (χ0v) is 61.3. The number of nitrogens with zero attached hydrogens (tertiary/aromatic N) is 2. The van der Waals surface area contributed by atoms with E-state index in [2.05, 4.69) is 40.8 Å². The number of Topliss-reactive ketones (excluding diaryl/α,β-unsaturated/α-hetero) is 1. The van der Waals surface area contributed by atoms with E-state index in [9.17, 15) is 62.8 Å². The fourth-order valence-corrected chi connectivity index (χ4v) is 15.2. The number of hydrogen-bond donors (Lipinski definition) is 6. The number of fused-ring (bicyclic) bond motifs is 5. The van der Waals surface area contributed by atoms with Crippen LogP contribution in [0.15, 0.2) is 166 Å². The summed E-state index contributed by atoms with van der Waals surface area (Å²) in [4.78, 5) is 131. The van der Waals surface area contributed by atoms with E-state index in [1.807, 2.05) is 26.8 Å². The van der Waals surface area contributed by atoms with Crippen molar-refractivity contribution < 1.29 is 101 Å². The second kappa shape index (κ2) is 34.2. The predicted octanol–water partition coefficient (Wildman–Crippen LogP) is 10.1. The number of benzene rings is 3. The second-order valence-electron chi connectivity index (χ2n) is 29.1. The van der Waals surface area contributed by atoms with Gasteiger partial charge in [0.1, 0.15) is 41.9 Å². The van der Waals surface area contributed by atoms with Gasteiger partial charge in [-0.25, -0.2) is 14.4 Å². The summed E-state index contributed by atoms with van der Waals surface area (Å²) >= 11 is 0. The molecule has 0 radical (unpaired) electrons. The van der Waals surface area contributed by atoms with Crippen molar-refractivity contribution in [2.24, 2.45) is 16.7 Å². The average Bonchev–Trinajstić information content (AvgIpc) is 0.749. The van der Waals surface area contributed by atoms with Gasteiger partial charge in [-0.2, -0.15) is 13.8 Å². The van der Waals surface area contributed by atoms with Crippen LogP contribution in [0.2, 0.25) is 0 Å². The molecule has 1 aromatic heterocycles. The average molecular weight is 1470 g/mol. The van der Waals surface area contributed by atoms with Crippen molar-refractivity contribution in [2.45, 2.75) is 225 Å². The number of amides is 2. The number of esters is 5. The van der Waals surface area contributed by atoms with Crippen LogP contribution < -0.4 is 16.3 Å². The van der Waals surface area contributed by atoms with Gasteiger partial charge < -0.3 is 64.2 Å². The maximum absolute atomic E-state index is 15.9. The number of anilines is 1. The number of halogens is 2. The first-order valence-electron chi connectivity index (χ1n) is 35.7. The Labute approximate surface area is 614 Å². The first kappa shape index (κ1) is 80.9. The SMILES string of the molecule is CC(=O)O[C@H]1C(=O)[C@@]2(C)[C@H]([C@H](OC(=O)c3ccccc3)[C@]3(O)C[C@H](OC(=O)[C@H](OC(=O)CC/C(C)=C/CC/C(C)=C/CC/C=C(\C)CC/C=C(\C)CCC(=O)Nc4ccn([C@@H]5O[C@H](CO)[C@@H](O)C5(F)F)c(=O)n4)[C@@H](NC(=O)c4ccccc4)c4ccccc4)C(C)=C1C3(C)C)[C@]1(OC(C)=O)CO[C@@H]1C[C@@H]2O. The van der Waals surface area contributed by atoms with E-state index < -0.39 is 161 Å². The van der Waals surface area contributed by atoms with E-state index in [-0.39, 0.29) is 60.4 Å². The number of aliphatic hydroxyl groups excluding tert-OH is 3. The van der Waals surface area contributed by atoms with Gasteiger partial charge >= 0.3 is 41.5 Å². The third-order valence-corrected chi connectivity index (χ3v) is 21.3. The summed E-state index contributed by atoms with van der Waals surface area (Å²) in [5.74, 6) is -12.4. The number of nitrogens with one attached hydrogen (secondary N) is 2. The molecule has 4 aromatic rings. The molecule has 2 saturated heterocycles. The van der Waals surface area contributed by atoms with Crippen LogP contribution in [0.25, 0.3) is 0 Å². The van der Waals surface area contributed by atoms with Gasteiger partial charge in [0.25, 0.3) is 5.91 Å². The van der Waals surface area contributed by atoms with Crippen molar-refractivity contribution in [1.82, 2.24) is 14.9 Å². The summed E-state index contributed by atoms with van der Waals surface area (Å²) in [5, 5.41) is 51.0. The van der Waals surface area contributed by atoms with Crippen LogP contribution in [0.4, 0.5) is 14.6 Å². The van der Waals surface area contributed by atoms with E-state index in [0.717, 1.165) is 68.9 Å². The summed E-state index contributed by atoms with van der Waals surface area (Å²) in [5.41, 5.74) is -4.56. The third kappa shape index (κ3) is 17.6. The lowest BCUT2D eigenvalue weighted by molar-refractivity contribution is -0.346. The molecule has 5 aliphatic rings. The minimum Gasteiger partial charge on any atom is -0.455 e. The van der Waals surface area contributed by atoms with Gasteiger partial charge in [-0.05, 0) is 140 Å². The number of ether oxygens (including phenoxy) is 7. The van der Waals surface area contributed by atoms with Crippen molar-refractivity contribution >= 4 is 53.3 Å². The summed E-state index contributed by atoms with van der Waals surface area (Å²) in [6.45, 7) is 14.9. The fraction of sp³-hybridized carbons (Fsp3) is 0.500. The largest absolute Gasteiger partial charge is 0.455 e. The van der Waals surface area contributed by atoms with E-state index in [0.29, 0.717) is 23.0 Å². The number of aliphatic hydroxyl groups is 4. The minimum absolute atomic E-state index is 0.0304. The van der Waals surface area contributed by atoms with Crippen molar-refractivity contribution in [2.75, 3.05) is 18.5 Å². The predicted molar refractivity (Wildman–Crippen MR) is 382 cm³/mol. The molecule has 26 heteroatoms. The molecule has 2 bridgehead atoms. The molecule has 2 aliphatic heterocycles. The number of carbonyl (C=O) groups is 8. The molecule has 3 heterocycles. The molecule has 0 unspecified atom stereocenters. The van der Waals surface area contributed by atoms with Gasteiger partial charge in [0.2, 0.25) is 18.2 Å². The molecule has 9 rings (SSSR count). The summed E-state index contributed by atoms with van der Waals surface area (Å²) in [6, 6.07) is 24.0. The molecule has 14 atom stereocenters. The number of carbonyl (C=O) groups excluding carboxylic acids is 8. The highest BCUT2D eigenvalue weighted by atomic mass is 19.3. The number of aromatic nitrogens is 2. The Hall–Kier alpha value is -9.18. The highest BCUT2D eigenvalue weighted by molar-refractivity contribution is 5.97. The Morgan fingerprint density at radius 3 is 1.83 bits per heavy atom. The Kier molecular flexibility index (Phi) is 26.1. The normalized spacial score (nSPS) is 27.5. The Balaban J connectivity index is 0.873. The molecule has 3 aliphatic carbocycles. The molecular weight excluding hydrogens is 1370 g/mol. The molecule has 3 aromatic carbocycles. The summed E-state index contributed by atoms with van der Waals surface area (Å²) < 4.78 is 72.2. The number of alkyl halides is 2. The van der Waals surface area contributed by atoms with Crippen LogP contribution in [0.5, 0.6) is 0 Å². The summed E-state index contributed by atoms with van der Waals surface area (Å²) in [7, 11) is 0. The number of rotatable bonds is 29. The second-order valence-corrected chi connectivity index (χ2v) is 29.1. The number of unbranched alkanes of at least 4 members (excludes halogenated alkanes) is 1. The first-order valence-corrected chi connectivity index (χ1v) is 35.7. The Bertz CT molecular complexity index is 4140. The van der Waals surface area contributed by atoms with Gasteiger partial charge in [0, 0.05) is 56.7 Å². The van der Waals surface area contributed by atoms with E-state index >= 15 is 9.59 Å². The maximum Gasteiger partial charge on any atom is 0.351 e. The maximum atomic E-state index is 15.9. The van der Waals surface area contributed by atoms with Crippen LogP contribution >= 0.6 is 0 Å². The van der Waals surface area contributed by atoms with Crippen molar-refractivity contribution in [3.8, 4) is 0 Å². The van der Waals surface area contributed by atoms with Gasteiger partial charge in [-0.15, -0.1) is 0 Å². The van der Waals surface area contributed by atoms with E-state index in [1.165, 1.54) is 37.6 Å². The molecule has 106 heavy (non-hydrogen) atoms. The van der Waals surface area contributed by atoms with Crippen LogP contribution in [-0.2, 0) is 61.9 Å². The first-order chi connectivity index (χ1) is 50.2. The zero-order valence-electron chi connectivity index (χ0n) is 61.3. The van der Waals surface area contributed by atoms with Gasteiger partial charge in [0.05, 0.1) is 36.2 Å². The fourth-order valence-electron chi connectivity index (χ4n) is 15.2. The molecular formula is C80H96F2N4O20. The monoisotopic (exact) mass is 1470 g/mol. The smallest absolute Gasteiger partial charge is 0.351 e. The quantitative estimate of drug-likeness (QED) is 0.0127. The van der Waals surface area contributed by atoms with Crippen LogP contribution in [0, 0.1) is 16.7 Å². The highest BCUT2D eigenvalue weighted by Crippen LogP contribution is 2.64. The molecule has 2 saturated carbocycles. The molecule has 570 valence electrons. The van der Waals surface area contributed by atoms with Gasteiger partial charge in [0.15, 0.2) is 23.6 Å². The van der Waals surface area contributed by atoms with E-state index in [4.69, 9.17) is 33.2 Å². The van der Waals surface area contributed by atoms with Gasteiger partial charge in [-0.1, -0.05) is 127 Å². The molecule has 2 amide bonds. The lowest BCUT2D eigenvalue weighted by Crippen LogP contribution is -2.82. The number of allylic oxidation sites excluding steroid dienone is 8. The third-order valence-electron chi connectivity index (χ3n) is 21.3. The summed E-state index contributed by atoms with van der Waals surface area (Å²) in [6.07, 6.45) is -2.65. The van der Waals surface area contributed by atoms with Gasteiger partial charge in [-0.3, -0.25) is 33.3 Å².